The number of aliphatic carboxylic acids is 1. The van der Waals surface area contributed by atoms with Crippen molar-refractivity contribution < 1.29 is 38.6 Å². The first-order chi connectivity index (χ1) is 20.7. The van der Waals surface area contributed by atoms with Crippen molar-refractivity contribution in [1.29, 1.82) is 0 Å². The van der Waals surface area contributed by atoms with Crippen molar-refractivity contribution in [2.45, 2.75) is 92.9 Å². The predicted molar refractivity (Wildman–Crippen MR) is 169 cm³/mol. The molecular formula is C35H47NO8. The minimum atomic E-state index is -0.842. The number of ketones is 1. The van der Waals surface area contributed by atoms with Crippen LogP contribution in [0.3, 0.4) is 0 Å². The summed E-state index contributed by atoms with van der Waals surface area (Å²) in [6, 6.07) is 13.2. The minimum absolute atomic E-state index is 0.135. The SMILES string of the molecule is CCOC(=O)c1cccc(N(C(=O)C(C)(C)CCCCC(=O)CCCCC(C)(C)C(=O)O)c2cccc(C(=O)OCC)c2)c1. The molecule has 9 heteroatoms. The lowest BCUT2D eigenvalue weighted by molar-refractivity contribution is -0.147. The highest BCUT2D eigenvalue weighted by Crippen LogP contribution is 2.35. The van der Waals surface area contributed by atoms with E-state index < -0.39 is 28.7 Å². The predicted octanol–water partition coefficient (Wildman–Crippen LogP) is 7.53. The molecule has 9 nitrogen and oxygen atoms in total. The number of amides is 1. The van der Waals surface area contributed by atoms with Crippen LogP contribution in [0.15, 0.2) is 48.5 Å². The van der Waals surface area contributed by atoms with Gasteiger partial charge < -0.3 is 14.6 Å². The average Bonchev–Trinajstić information content (AvgIpc) is 2.98. The van der Waals surface area contributed by atoms with E-state index in [1.807, 2.05) is 13.8 Å². The van der Waals surface area contributed by atoms with E-state index in [2.05, 4.69) is 0 Å². The minimum Gasteiger partial charge on any atom is -0.481 e. The Hall–Kier alpha value is -4.01. The summed E-state index contributed by atoms with van der Waals surface area (Å²) in [4.78, 5) is 64.4. The number of esters is 2. The summed E-state index contributed by atoms with van der Waals surface area (Å²) in [5.41, 5.74) is -0.134. The van der Waals surface area contributed by atoms with Crippen LogP contribution in [0.2, 0.25) is 0 Å². The van der Waals surface area contributed by atoms with Gasteiger partial charge in [0.15, 0.2) is 0 Å². The van der Waals surface area contributed by atoms with Crippen LogP contribution in [0, 0.1) is 10.8 Å². The lowest BCUT2D eigenvalue weighted by atomic mass is 9.84. The standard InChI is InChI=1S/C35H47NO8/c1-7-43-30(38)25-15-13-17-27(23-25)36(28-18-14-16-26(24-28)31(39)44-8-2)32(40)34(3,4)21-11-9-19-29(37)20-10-12-22-35(5,6)33(41)42/h13-18,23-24H,7-12,19-22H2,1-6H3,(H,41,42). The van der Waals surface area contributed by atoms with Gasteiger partial charge in [0.2, 0.25) is 5.91 Å². The Bertz CT molecular complexity index is 1250. The van der Waals surface area contributed by atoms with Crippen LogP contribution in [-0.4, -0.2) is 47.9 Å². The number of carboxylic acids is 1. The Morgan fingerprint density at radius 2 is 1.11 bits per heavy atom. The molecule has 0 aliphatic rings. The molecule has 0 radical (unpaired) electrons. The maximum Gasteiger partial charge on any atom is 0.338 e. The number of benzene rings is 2. The largest absolute Gasteiger partial charge is 0.481 e. The van der Waals surface area contributed by atoms with Crippen LogP contribution in [0.5, 0.6) is 0 Å². The molecule has 0 heterocycles. The molecule has 0 spiro atoms. The first kappa shape index (κ1) is 36.2. The van der Waals surface area contributed by atoms with Crippen LogP contribution in [0.25, 0.3) is 0 Å². The number of hydrogen-bond donors (Lipinski definition) is 1. The van der Waals surface area contributed by atoms with E-state index >= 15 is 0 Å². The molecule has 240 valence electrons. The zero-order chi connectivity index (χ0) is 32.9. The summed E-state index contributed by atoms with van der Waals surface area (Å²) < 4.78 is 10.3. The Kier molecular flexibility index (Phi) is 13.8. The second kappa shape index (κ2) is 16.7. The summed E-state index contributed by atoms with van der Waals surface area (Å²) >= 11 is 0. The van der Waals surface area contributed by atoms with Gasteiger partial charge >= 0.3 is 17.9 Å². The topological polar surface area (TPSA) is 127 Å². The monoisotopic (exact) mass is 609 g/mol. The van der Waals surface area contributed by atoms with Crippen molar-refractivity contribution in [3.05, 3.63) is 59.7 Å². The van der Waals surface area contributed by atoms with Gasteiger partial charge in [-0.3, -0.25) is 19.3 Å². The molecule has 0 saturated heterocycles. The molecular weight excluding hydrogens is 562 g/mol. The lowest BCUT2D eigenvalue weighted by Gasteiger charge is -2.32. The number of anilines is 2. The van der Waals surface area contributed by atoms with Gasteiger partial charge in [0.1, 0.15) is 5.78 Å². The van der Waals surface area contributed by atoms with E-state index in [-0.39, 0.29) is 24.9 Å². The third-order valence-corrected chi connectivity index (χ3v) is 7.61. The Labute approximate surface area is 260 Å². The molecule has 44 heavy (non-hydrogen) atoms. The summed E-state index contributed by atoms with van der Waals surface area (Å²) in [6.45, 7) is 10.9. The van der Waals surface area contributed by atoms with E-state index in [1.54, 1.807) is 76.2 Å². The number of carbonyl (C=O) groups excluding carboxylic acids is 4. The maximum absolute atomic E-state index is 14.2. The highest BCUT2D eigenvalue weighted by molar-refractivity contribution is 6.05. The van der Waals surface area contributed by atoms with Crippen LogP contribution in [-0.2, 0) is 23.9 Å². The lowest BCUT2D eigenvalue weighted by Crippen LogP contribution is -2.38. The van der Waals surface area contributed by atoms with Crippen molar-refractivity contribution >= 4 is 41.0 Å². The van der Waals surface area contributed by atoms with Gasteiger partial charge in [0, 0.05) is 29.6 Å². The normalized spacial score (nSPS) is 11.5. The van der Waals surface area contributed by atoms with Crippen molar-refractivity contribution in [3.63, 3.8) is 0 Å². The van der Waals surface area contributed by atoms with Crippen LogP contribution in [0.4, 0.5) is 11.4 Å². The van der Waals surface area contributed by atoms with E-state index in [1.165, 1.54) is 4.90 Å². The van der Waals surface area contributed by atoms with Gasteiger partial charge in [0.05, 0.1) is 29.8 Å². The molecule has 0 fully saturated rings. The molecule has 2 aromatic rings. The molecule has 0 bridgehead atoms. The van der Waals surface area contributed by atoms with Crippen molar-refractivity contribution in [1.82, 2.24) is 0 Å². The number of hydrogen-bond acceptors (Lipinski definition) is 7. The summed E-state index contributed by atoms with van der Waals surface area (Å²) in [6.07, 6.45) is 4.47. The number of unbranched alkanes of at least 4 members (excludes halogenated alkanes) is 2. The third-order valence-electron chi connectivity index (χ3n) is 7.61. The van der Waals surface area contributed by atoms with Crippen LogP contribution < -0.4 is 4.90 Å². The zero-order valence-electron chi connectivity index (χ0n) is 26.9. The van der Waals surface area contributed by atoms with E-state index in [0.717, 1.165) is 0 Å². The zero-order valence-corrected chi connectivity index (χ0v) is 26.9. The Balaban J connectivity index is 2.17. The summed E-state index contributed by atoms with van der Waals surface area (Å²) in [5.74, 6) is -1.94. The molecule has 1 N–H and O–H groups in total. The van der Waals surface area contributed by atoms with Crippen LogP contribution >= 0.6 is 0 Å². The molecule has 0 aliphatic carbocycles. The fourth-order valence-corrected chi connectivity index (χ4v) is 4.78. The van der Waals surface area contributed by atoms with E-state index in [9.17, 15) is 29.1 Å². The molecule has 1 amide bonds. The van der Waals surface area contributed by atoms with Gasteiger partial charge in [0.25, 0.3) is 0 Å². The fraction of sp³-hybridized carbons (Fsp3) is 0.514. The molecule has 0 atom stereocenters. The quantitative estimate of drug-likeness (QED) is 0.136. The number of ether oxygens (including phenoxy) is 2. The second-order valence-electron chi connectivity index (χ2n) is 12.2. The van der Waals surface area contributed by atoms with Crippen LogP contribution in [0.1, 0.15) is 114 Å². The molecule has 0 unspecified atom stereocenters. The van der Waals surface area contributed by atoms with Gasteiger partial charge in [-0.1, -0.05) is 38.8 Å². The Morgan fingerprint density at radius 1 is 0.682 bits per heavy atom. The van der Waals surface area contributed by atoms with E-state index in [4.69, 9.17) is 9.47 Å². The molecule has 2 rings (SSSR count). The summed E-state index contributed by atoms with van der Waals surface area (Å²) in [5, 5.41) is 9.24. The highest BCUT2D eigenvalue weighted by atomic mass is 16.5. The molecule has 0 aromatic heterocycles. The smallest absolute Gasteiger partial charge is 0.338 e. The molecule has 2 aromatic carbocycles. The number of carbonyl (C=O) groups is 5. The molecule has 0 saturated carbocycles. The van der Waals surface area contributed by atoms with E-state index in [0.29, 0.717) is 73.9 Å². The highest BCUT2D eigenvalue weighted by Gasteiger charge is 2.34. The number of nitrogens with zero attached hydrogens (tertiary/aromatic N) is 1. The van der Waals surface area contributed by atoms with Gasteiger partial charge in [-0.15, -0.1) is 0 Å². The average molecular weight is 610 g/mol. The van der Waals surface area contributed by atoms with Gasteiger partial charge in [-0.05, 0) is 89.8 Å². The Morgan fingerprint density at radius 3 is 1.52 bits per heavy atom. The third kappa shape index (κ3) is 10.6. The fourth-order valence-electron chi connectivity index (χ4n) is 4.78. The van der Waals surface area contributed by atoms with Crippen molar-refractivity contribution in [2.24, 2.45) is 10.8 Å². The summed E-state index contributed by atoms with van der Waals surface area (Å²) in [7, 11) is 0. The molecule has 0 aliphatic heterocycles. The number of Topliss-reactive ketones (excluding diaryl/α,β-unsaturated/α-hetero) is 1. The van der Waals surface area contributed by atoms with Crippen molar-refractivity contribution in [2.75, 3.05) is 18.1 Å². The maximum atomic E-state index is 14.2. The first-order valence-electron chi connectivity index (χ1n) is 15.4. The second-order valence-corrected chi connectivity index (χ2v) is 12.2. The van der Waals surface area contributed by atoms with Crippen molar-refractivity contribution in [3.8, 4) is 0 Å². The van der Waals surface area contributed by atoms with Gasteiger partial charge in [-0.25, -0.2) is 9.59 Å². The number of carboxylic acid groups (broad SMARTS) is 1. The first-order valence-corrected chi connectivity index (χ1v) is 15.4. The van der Waals surface area contributed by atoms with Gasteiger partial charge in [-0.2, -0.15) is 0 Å². The number of rotatable bonds is 18.